The zero-order valence-electron chi connectivity index (χ0n) is 11.5. The lowest BCUT2D eigenvalue weighted by atomic mass is 10.0. The molecular formula is C14H14F3N3O2. The van der Waals surface area contributed by atoms with E-state index < -0.39 is 11.7 Å². The number of aromatic amines is 1. The Hall–Kier alpha value is -2.09. The first-order chi connectivity index (χ1) is 10.4. The lowest BCUT2D eigenvalue weighted by Crippen LogP contribution is -2.30. The molecule has 0 radical (unpaired) electrons. The van der Waals surface area contributed by atoms with E-state index in [1.165, 1.54) is 6.07 Å². The Labute approximate surface area is 123 Å². The molecule has 2 aromatic rings. The van der Waals surface area contributed by atoms with Crippen molar-refractivity contribution in [3.05, 3.63) is 23.8 Å². The number of carbonyl (C=O) groups is 1. The topological polar surface area (TPSA) is 67.0 Å². The standard InChI is InChI=1S/C14H14F3N3O2/c15-14(16,17)9-3-4-10-11(6-9)19-13(18-10)20-12(21)8-2-1-5-22-7-8/h3-4,6,8H,1-2,5,7H2,(H2,18,19,20,21). The zero-order chi connectivity index (χ0) is 15.7. The van der Waals surface area contributed by atoms with Crippen LogP contribution in [-0.4, -0.2) is 29.1 Å². The molecule has 0 saturated carbocycles. The molecule has 0 bridgehead atoms. The molecule has 118 valence electrons. The lowest BCUT2D eigenvalue weighted by Gasteiger charge is -2.20. The molecule has 3 rings (SSSR count). The average molecular weight is 313 g/mol. The van der Waals surface area contributed by atoms with Gasteiger partial charge in [0.15, 0.2) is 0 Å². The van der Waals surface area contributed by atoms with Crippen molar-refractivity contribution in [3.63, 3.8) is 0 Å². The van der Waals surface area contributed by atoms with Gasteiger partial charge in [0.05, 0.1) is 29.1 Å². The minimum absolute atomic E-state index is 0.143. The summed E-state index contributed by atoms with van der Waals surface area (Å²) in [6.07, 6.45) is -2.88. The van der Waals surface area contributed by atoms with Gasteiger partial charge >= 0.3 is 6.18 Å². The number of hydrogen-bond acceptors (Lipinski definition) is 3. The van der Waals surface area contributed by atoms with E-state index in [2.05, 4.69) is 15.3 Å². The largest absolute Gasteiger partial charge is 0.416 e. The van der Waals surface area contributed by atoms with Gasteiger partial charge in [0, 0.05) is 6.61 Å². The number of nitrogens with zero attached hydrogens (tertiary/aromatic N) is 1. The Balaban J connectivity index is 1.78. The normalized spacial score (nSPS) is 19.3. The minimum Gasteiger partial charge on any atom is -0.381 e. The summed E-state index contributed by atoms with van der Waals surface area (Å²) >= 11 is 0. The molecule has 2 heterocycles. The number of H-pyrrole nitrogens is 1. The first-order valence-corrected chi connectivity index (χ1v) is 6.89. The average Bonchev–Trinajstić information content (AvgIpc) is 2.88. The predicted molar refractivity (Wildman–Crippen MR) is 73.3 cm³/mol. The number of ether oxygens (including phenoxy) is 1. The monoisotopic (exact) mass is 313 g/mol. The van der Waals surface area contributed by atoms with Gasteiger partial charge in [-0.2, -0.15) is 13.2 Å². The first kappa shape index (κ1) is 14.8. The van der Waals surface area contributed by atoms with Crippen molar-refractivity contribution in [2.75, 3.05) is 18.5 Å². The predicted octanol–water partition coefficient (Wildman–Crippen LogP) is 2.95. The van der Waals surface area contributed by atoms with Crippen LogP contribution in [-0.2, 0) is 15.7 Å². The molecular weight excluding hydrogens is 299 g/mol. The van der Waals surface area contributed by atoms with E-state index in [9.17, 15) is 18.0 Å². The van der Waals surface area contributed by atoms with Gasteiger partial charge in [-0.15, -0.1) is 0 Å². The van der Waals surface area contributed by atoms with Crippen LogP contribution in [0.2, 0.25) is 0 Å². The summed E-state index contributed by atoms with van der Waals surface area (Å²) in [7, 11) is 0. The highest BCUT2D eigenvalue weighted by Gasteiger charge is 2.31. The highest BCUT2D eigenvalue weighted by Crippen LogP contribution is 2.31. The van der Waals surface area contributed by atoms with Crippen molar-refractivity contribution in [1.29, 1.82) is 0 Å². The number of anilines is 1. The molecule has 1 amide bonds. The number of alkyl halides is 3. The quantitative estimate of drug-likeness (QED) is 0.896. The van der Waals surface area contributed by atoms with Crippen LogP contribution < -0.4 is 5.32 Å². The number of imidazole rings is 1. The van der Waals surface area contributed by atoms with Crippen LogP contribution in [0.15, 0.2) is 18.2 Å². The Bertz CT molecular complexity index is 690. The lowest BCUT2D eigenvalue weighted by molar-refractivity contribution is -0.137. The summed E-state index contributed by atoms with van der Waals surface area (Å²) in [5.74, 6) is -0.354. The zero-order valence-corrected chi connectivity index (χ0v) is 11.5. The molecule has 8 heteroatoms. The molecule has 2 N–H and O–H groups in total. The van der Waals surface area contributed by atoms with Crippen LogP contribution in [0.25, 0.3) is 11.0 Å². The van der Waals surface area contributed by atoms with Gasteiger partial charge in [0.2, 0.25) is 11.9 Å². The Morgan fingerprint density at radius 2 is 2.23 bits per heavy atom. The number of benzene rings is 1. The molecule has 1 aliphatic heterocycles. The van der Waals surface area contributed by atoms with Crippen molar-refractivity contribution in [2.24, 2.45) is 5.92 Å². The molecule has 1 atom stereocenters. The Morgan fingerprint density at radius 1 is 1.41 bits per heavy atom. The van der Waals surface area contributed by atoms with E-state index in [-0.39, 0.29) is 23.3 Å². The SMILES string of the molecule is O=C(Nc1nc2ccc(C(F)(F)F)cc2[nH]1)C1CCCOC1. The maximum Gasteiger partial charge on any atom is 0.416 e. The van der Waals surface area contributed by atoms with Crippen LogP contribution >= 0.6 is 0 Å². The summed E-state index contributed by atoms with van der Waals surface area (Å²) in [6, 6.07) is 3.21. The van der Waals surface area contributed by atoms with Gasteiger partial charge in [-0.3, -0.25) is 10.1 Å². The molecule has 1 unspecified atom stereocenters. The van der Waals surface area contributed by atoms with E-state index in [0.29, 0.717) is 18.7 Å². The second kappa shape index (κ2) is 5.60. The van der Waals surface area contributed by atoms with Crippen LogP contribution in [0, 0.1) is 5.92 Å². The molecule has 1 aromatic heterocycles. The minimum atomic E-state index is -4.41. The third-order valence-corrected chi connectivity index (χ3v) is 3.58. The van der Waals surface area contributed by atoms with E-state index in [1.54, 1.807) is 0 Å². The maximum absolute atomic E-state index is 12.7. The van der Waals surface area contributed by atoms with Crippen molar-refractivity contribution in [3.8, 4) is 0 Å². The molecule has 1 fully saturated rings. The van der Waals surface area contributed by atoms with Crippen molar-refractivity contribution in [1.82, 2.24) is 9.97 Å². The number of carbonyl (C=O) groups excluding carboxylic acids is 1. The van der Waals surface area contributed by atoms with Crippen LogP contribution in [0.5, 0.6) is 0 Å². The van der Waals surface area contributed by atoms with E-state index in [4.69, 9.17) is 4.74 Å². The second-order valence-electron chi connectivity index (χ2n) is 5.22. The molecule has 0 aliphatic carbocycles. The Kier molecular flexibility index (Phi) is 3.78. The number of fused-ring (bicyclic) bond motifs is 1. The Morgan fingerprint density at radius 3 is 2.91 bits per heavy atom. The number of halogens is 3. The van der Waals surface area contributed by atoms with Gasteiger partial charge < -0.3 is 9.72 Å². The summed E-state index contributed by atoms with van der Waals surface area (Å²) in [5.41, 5.74) is -0.171. The smallest absolute Gasteiger partial charge is 0.381 e. The van der Waals surface area contributed by atoms with Gasteiger partial charge in [-0.05, 0) is 31.0 Å². The van der Waals surface area contributed by atoms with E-state index >= 15 is 0 Å². The van der Waals surface area contributed by atoms with Crippen molar-refractivity contribution < 1.29 is 22.7 Å². The van der Waals surface area contributed by atoms with E-state index in [0.717, 1.165) is 25.0 Å². The third-order valence-electron chi connectivity index (χ3n) is 3.58. The van der Waals surface area contributed by atoms with Gasteiger partial charge in [0.25, 0.3) is 0 Å². The van der Waals surface area contributed by atoms with Gasteiger partial charge in [-0.25, -0.2) is 4.98 Å². The van der Waals surface area contributed by atoms with Crippen LogP contribution in [0.1, 0.15) is 18.4 Å². The summed E-state index contributed by atoms with van der Waals surface area (Å²) in [6.45, 7) is 0.999. The molecule has 1 aromatic carbocycles. The third kappa shape index (κ3) is 3.06. The van der Waals surface area contributed by atoms with Crippen molar-refractivity contribution >= 4 is 22.9 Å². The maximum atomic E-state index is 12.7. The van der Waals surface area contributed by atoms with E-state index in [1.807, 2.05) is 0 Å². The number of hydrogen-bond donors (Lipinski definition) is 2. The van der Waals surface area contributed by atoms with Crippen LogP contribution in [0.3, 0.4) is 0 Å². The molecule has 0 spiro atoms. The molecule has 22 heavy (non-hydrogen) atoms. The fourth-order valence-electron chi connectivity index (χ4n) is 2.41. The highest BCUT2D eigenvalue weighted by molar-refractivity contribution is 5.92. The first-order valence-electron chi connectivity index (χ1n) is 6.89. The van der Waals surface area contributed by atoms with Crippen molar-refractivity contribution in [2.45, 2.75) is 19.0 Å². The number of rotatable bonds is 2. The molecule has 5 nitrogen and oxygen atoms in total. The summed E-state index contributed by atoms with van der Waals surface area (Å²) in [4.78, 5) is 18.8. The highest BCUT2D eigenvalue weighted by atomic mass is 19.4. The number of amides is 1. The number of aromatic nitrogens is 2. The van der Waals surface area contributed by atoms with Gasteiger partial charge in [0.1, 0.15) is 0 Å². The number of nitrogens with one attached hydrogen (secondary N) is 2. The summed E-state index contributed by atoms with van der Waals surface area (Å²) < 4.78 is 43.2. The summed E-state index contributed by atoms with van der Waals surface area (Å²) in [5, 5.41) is 2.59. The molecule has 1 saturated heterocycles. The molecule has 1 aliphatic rings. The second-order valence-corrected chi connectivity index (χ2v) is 5.22. The fourth-order valence-corrected chi connectivity index (χ4v) is 2.41. The van der Waals surface area contributed by atoms with Crippen LogP contribution in [0.4, 0.5) is 19.1 Å². The van der Waals surface area contributed by atoms with Gasteiger partial charge in [-0.1, -0.05) is 0 Å². The fraction of sp³-hybridized carbons (Fsp3) is 0.429.